The highest BCUT2D eigenvalue weighted by atomic mass is 16.5. The van der Waals surface area contributed by atoms with E-state index in [-0.39, 0.29) is 29.2 Å². The van der Waals surface area contributed by atoms with Crippen LogP contribution in [-0.4, -0.2) is 32.8 Å². The fourth-order valence-corrected chi connectivity index (χ4v) is 3.14. The van der Waals surface area contributed by atoms with Gasteiger partial charge in [0.2, 0.25) is 0 Å². The van der Waals surface area contributed by atoms with Crippen molar-refractivity contribution >= 4 is 22.7 Å². The molecule has 0 saturated heterocycles. The van der Waals surface area contributed by atoms with E-state index in [0.717, 1.165) is 5.56 Å². The van der Waals surface area contributed by atoms with Crippen LogP contribution in [-0.2, 0) is 16.1 Å². The Morgan fingerprint density at radius 2 is 1.21 bits per heavy atom. The molecule has 6 heteroatoms. The molecular weight excluding hydrogens is 372 g/mol. The highest BCUT2D eigenvalue weighted by Gasteiger charge is 2.31. The standard InChI is InChI=1S/C23H22O6/c1-4-28-20-16-12-8-9-13-17(16)21(29-14-15-10-6-5-7-11-15)19(23(25)27-3)18(20)22(24)26-2/h5-13H,4,14H2,1-3H3. The lowest BCUT2D eigenvalue weighted by Gasteiger charge is -2.20. The van der Waals surface area contributed by atoms with Crippen LogP contribution in [0, 0.1) is 0 Å². The van der Waals surface area contributed by atoms with Crippen LogP contribution in [0.25, 0.3) is 10.8 Å². The Kier molecular flexibility index (Phi) is 6.34. The van der Waals surface area contributed by atoms with Gasteiger partial charge in [-0.05, 0) is 12.5 Å². The average molecular weight is 394 g/mol. The minimum atomic E-state index is -0.708. The van der Waals surface area contributed by atoms with Crippen molar-refractivity contribution < 1.29 is 28.5 Å². The Bertz CT molecular complexity index is 1030. The lowest BCUT2D eigenvalue weighted by atomic mass is 9.97. The number of hydrogen-bond donors (Lipinski definition) is 0. The summed E-state index contributed by atoms with van der Waals surface area (Å²) in [5.74, 6) is -0.896. The van der Waals surface area contributed by atoms with Gasteiger partial charge in [-0.1, -0.05) is 54.6 Å². The van der Waals surface area contributed by atoms with Crippen molar-refractivity contribution in [3.63, 3.8) is 0 Å². The van der Waals surface area contributed by atoms with Crippen molar-refractivity contribution in [1.82, 2.24) is 0 Å². The van der Waals surface area contributed by atoms with Gasteiger partial charge >= 0.3 is 11.9 Å². The molecule has 0 aliphatic carbocycles. The Morgan fingerprint density at radius 1 is 0.724 bits per heavy atom. The summed E-state index contributed by atoms with van der Waals surface area (Å²) in [5.41, 5.74) is 0.890. The molecule has 3 aromatic carbocycles. The highest BCUT2D eigenvalue weighted by molar-refractivity contribution is 6.14. The van der Waals surface area contributed by atoms with Crippen molar-refractivity contribution in [2.24, 2.45) is 0 Å². The number of carbonyl (C=O) groups excluding carboxylic acids is 2. The molecule has 3 aromatic rings. The second-order valence-corrected chi connectivity index (χ2v) is 6.14. The number of carbonyl (C=O) groups is 2. The minimum Gasteiger partial charge on any atom is -0.492 e. The van der Waals surface area contributed by atoms with Gasteiger partial charge in [-0.2, -0.15) is 0 Å². The van der Waals surface area contributed by atoms with Gasteiger partial charge in [-0.25, -0.2) is 9.59 Å². The first kappa shape index (κ1) is 20.2. The van der Waals surface area contributed by atoms with Crippen LogP contribution in [0.15, 0.2) is 54.6 Å². The van der Waals surface area contributed by atoms with E-state index < -0.39 is 11.9 Å². The van der Waals surface area contributed by atoms with E-state index in [1.54, 1.807) is 6.92 Å². The van der Waals surface area contributed by atoms with Gasteiger partial charge < -0.3 is 18.9 Å². The fraction of sp³-hybridized carbons (Fsp3) is 0.217. The van der Waals surface area contributed by atoms with E-state index in [4.69, 9.17) is 18.9 Å². The molecule has 150 valence electrons. The predicted octanol–water partition coefficient (Wildman–Crippen LogP) is 4.39. The third-order valence-electron chi connectivity index (χ3n) is 4.41. The number of esters is 2. The zero-order valence-corrected chi connectivity index (χ0v) is 16.6. The van der Waals surface area contributed by atoms with Gasteiger partial charge in [0.25, 0.3) is 0 Å². The van der Waals surface area contributed by atoms with Crippen molar-refractivity contribution in [2.75, 3.05) is 20.8 Å². The zero-order valence-electron chi connectivity index (χ0n) is 16.6. The molecule has 0 aliphatic heterocycles. The smallest absolute Gasteiger partial charge is 0.342 e. The van der Waals surface area contributed by atoms with Gasteiger partial charge in [-0.3, -0.25) is 0 Å². The van der Waals surface area contributed by atoms with Crippen LogP contribution in [0.2, 0.25) is 0 Å². The number of ether oxygens (including phenoxy) is 4. The van der Waals surface area contributed by atoms with Gasteiger partial charge in [0, 0.05) is 10.8 Å². The zero-order chi connectivity index (χ0) is 20.8. The lowest BCUT2D eigenvalue weighted by Crippen LogP contribution is -2.17. The van der Waals surface area contributed by atoms with Crippen molar-refractivity contribution in [3.8, 4) is 11.5 Å². The van der Waals surface area contributed by atoms with Gasteiger partial charge in [-0.15, -0.1) is 0 Å². The molecule has 0 unspecified atom stereocenters. The Hall–Kier alpha value is -3.54. The molecule has 0 radical (unpaired) electrons. The Morgan fingerprint density at radius 3 is 1.69 bits per heavy atom. The normalized spacial score (nSPS) is 10.4. The number of benzene rings is 3. The monoisotopic (exact) mass is 394 g/mol. The van der Waals surface area contributed by atoms with Crippen LogP contribution in [0.4, 0.5) is 0 Å². The van der Waals surface area contributed by atoms with Crippen molar-refractivity contribution in [3.05, 3.63) is 71.3 Å². The quantitative estimate of drug-likeness (QED) is 0.554. The fourth-order valence-electron chi connectivity index (χ4n) is 3.14. The van der Waals surface area contributed by atoms with Crippen molar-refractivity contribution in [1.29, 1.82) is 0 Å². The van der Waals surface area contributed by atoms with Crippen LogP contribution >= 0.6 is 0 Å². The van der Waals surface area contributed by atoms with Crippen LogP contribution in [0.3, 0.4) is 0 Å². The molecule has 0 aliphatic rings. The maximum absolute atomic E-state index is 12.7. The first-order valence-corrected chi connectivity index (χ1v) is 9.17. The molecule has 0 aromatic heterocycles. The maximum Gasteiger partial charge on any atom is 0.342 e. The molecule has 6 nitrogen and oxygen atoms in total. The Labute approximate surface area is 169 Å². The maximum atomic E-state index is 12.7. The van der Waals surface area contributed by atoms with Gasteiger partial charge in [0.1, 0.15) is 29.2 Å². The summed E-state index contributed by atoms with van der Waals surface area (Å²) in [7, 11) is 2.50. The molecule has 0 spiro atoms. The molecule has 3 rings (SSSR count). The second-order valence-electron chi connectivity index (χ2n) is 6.14. The topological polar surface area (TPSA) is 71.1 Å². The summed E-state index contributed by atoms with van der Waals surface area (Å²) in [6.45, 7) is 2.32. The summed E-state index contributed by atoms with van der Waals surface area (Å²) in [6.07, 6.45) is 0. The molecule has 0 saturated carbocycles. The molecular formula is C23H22O6. The van der Waals surface area contributed by atoms with Crippen molar-refractivity contribution in [2.45, 2.75) is 13.5 Å². The average Bonchev–Trinajstić information content (AvgIpc) is 2.77. The number of hydrogen-bond acceptors (Lipinski definition) is 6. The summed E-state index contributed by atoms with van der Waals surface area (Å²) in [4.78, 5) is 25.4. The van der Waals surface area contributed by atoms with Crippen LogP contribution in [0.1, 0.15) is 33.2 Å². The van der Waals surface area contributed by atoms with Gasteiger partial charge in [0.05, 0.1) is 20.8 Å². The van der Waals surface area contributed by atoms with E-state index in [1.807, 2.05) is 54.6 Å². The van der Waals surface area contributed by atoms with Gasteiger partial charge in [0.15, 0.2) is 0 Å². The summed E-state index contributed by atoms with van der Waals surface area (Å²) < 4.78 is 21.7. The predicted molar refractivity (Wildman–Crippen MR) is 109 cm³/mol. The molecule has 0 atom stereocenters. The van der Waals surface area contributed by atoms with Crippen LogP contribution < -0.4 is 9.47 Å². The molecule has 0 amide bonds. The highest BCUT2D eigenvalue weighted by Crippen LogP contribution is 2.42. The van der Waals surface area contributed by atoms with E-state index in [1.165, 1.54) is 14.2 Å². The summed E-state index contributed by atoms with van der Waals surface area (Å²) >= 11 is 0. The minimum absolute atomic E-state index is 0.0111. The van der Waals surface area contributed by atoms with E-state index in [2.05, 4.69) is 0 Å². The third-order valence-corrected chi connectivity index (χ3v) is 4.41. The molecule has 29 heavy (non-hydrogen) atoms. The summed E-state index contributed by atoms with van der Waals surface area (Å²) in [5, 5.41) is 1.28. The van der Waals surface area contributed by atoms with E-state index in [9.17, 15) is 9.59 Å². The molecule has 0 bridgehead atoms. The first-order chi connectivity index (χ1) is 14.1. The van der Waals surface area contributed by atoms with E-state index >= 15 is 0 Å². The van der Waals surface area contributed by atoms with E-state index in [0.29, 0.717) is 17.4 Å². The number of fused-ring (bicyclic) bond motifs is 1. The first-order valence-electron chi connectivity index (χ1n) is 9.17. The van der Waals surface area contributed by atoms with Crippen LogP contribution in [0.5, 0.6) is 11.5 Å². The number of rotatable bonds is 7. The molecule has 0 heterocycles. The largest absolute Gasteiger partial charge is 0.492 e. The molecule has 0 fully saturated rings. The third kappa shape index (κ3) is 4.01. The SMILES string of the molecule is CCOc1c(C(=O)OC)c(C(=O)OC)c(OCc2ccccc2)c2ccccc12. The lowest BCUT2D eigenvalue weighted by molar-refractivity contribution is 0.0547. The molecule has 0 N–H and O–H groups in total. The number of methoxy groups -OCH3 is 2. The Balaban J connectivity index is 2.30. The second kappa shape index (κ2) is 9.10. The summed E-state index contributed by atoms with van der Waals surface area (Å²) in [6, 6.07) is 16.8.